The van der Waals surface area contributed by atoms with E-state index in [0.717, 1.165) is 15.3 Å². The van der Waals surface area contributed by atoms with Crippen LogP contribution in [0.15, 0.2) is 29.2 Å². The van der Waals surface area contributed by atoms with Gasteiger partial charge in [0.05, 0.1) is 30.9 Å². The summed E-state index contributed by atoms with van der Waals surface area (Å²) in [6.45, 7) is 4.09. The second kappa shape index (κ2) is 12.0. The van der Waals surface area contributed by atoms with Crippen LogP contribution in [-0.2, 0) is 36.9 Å². The second-order valence-electron chi connectivity index (χ2n) is 8.11. The predicted octanol–water partition coefficient (Wildman–Crippen LogP) is 3.36. The van der Waals surface area contributed by atoms with Gasteiger partial charge in [-0.1, -0.05) is 6.07 Å². The first kappa shape index (κ1) is 27.2. The summed E-state index contributed by atoms with van der Waals surface area (Å²) in [6.07, 6.45) is 0.105. The molecule has 36 heavy (non-hydrogen) atoms. The molecule has 0 spiro atoms. The molecule has 1 aromatic carbocycles. The zero-order chi connectivity index (χ0) is 26.4. The average Bonchev–Trinajstić information content (AvgIpc) is 3.19. The van der Waals surface area contributed by atoms with Crippen molar-refractivity contribution in [1.82, 2.24) is 4.90 Å². The molecule has 1 aromatic heterocycles. The van der Waals surface area contributed by atoms with Gasteiger partial charge in [0.25, 0.3) is 0 Å². The van der Waals surface area contributed by atoms with Gasteiger partial charge in [-0.3, -0.25) is 19.2 Å². The van der Waals surface area contributed by atoms with Crippen LogP contribution in [0, 0.1) is 0 Å². The molecule has 1 atom stereocenters. The van der Waals surface area contributed by atoms with E-state index in [1.54, 1.807) is 36.1 Å². The SMILES string of the molecule is COC(=O)c1c(NC(=O)C(C)Sc2cccc(NC(=O)CCC(=O)O)c2)sc2c1CCN(C(C)=O)C2. The highest BCUT2D eigenvalue weighted by Crippen LogP contribution is 2.38. The number of nitrogens with zero attached hydrogens (tertiary/aromatic N) is 1. The minimum Gasteiger partial charge on any atom is -0.481 e. The third-order valence-corrected chi connectivity index (χ3v) is 7.72. The van der Waals surface area contributed by atoms with Gasteiger partial charge in [-0.2, -0.15) is 0 Å². The maximum Gasteiger partial charge on any atom is 0.341 e. The number of thioether (sulfide) groups is 1. The first-order chi connectivity index (χ1) is 17.1. The van der Waals surface area contributed by atoms with E-state index in [9.17, 15) is 24.0 Å². The molecule has 192 valence electrons. The first-order valence-corrected chi connectivity index (χ1v) is 12.9. The Morgan fingerprint density at radius 3 is 2.61 bits per heavy atom. The molecule has 1 aliphatic heterocycles. The third kappa shape index (κ3) is 6.85. The number of nitrogens with one attached hydrogen (secondary N) is 2. The van der Waals surface area contributed by atoms with Crippen molar-refractivity contribution in [2.24, 2.45) is 0 Å². The van der Waals surface area contributed by atoms with E-state index in [1.165, 1.54) is 37.1 Å². The Labute approximate surface area is 216 Å². The van der Waals surface area contributed by atoms with E-state index < -0.39 is 23.1 Å². The van der Waals surface area contributed by atoms with Crippen molar-refractivity contribution in [3.05, 3.63) is 40.3 Å². The maximum atomic E-state index is 13.0. The summed E-state index contributed by atoms with van der Waals surface area (Å²) in [4.78, 5) is 63.1. The highest BCUT2D eigenvalue weighted by atomic mass is 32.2. The number of benzene rings is 1. The van der Waals surface area contributed by atoms with Gasteiger partial charge in [0, 0.05) is 35.3 Å². The van der Waals surface area contributed by atoms with E-state index in [2.05, 4.69) is 10.6 Å². The van der Waals surface area contributed by atoms with Crippen molar-refractivity contribution < 1.29 is 33.8 Å². The lowest BCUT2D eigenvalue weighted by atomic mass is 10.0. The lowest BCUT2D eigenvalue weighted by Gasteiger charge is -2.25. The number of amides is 3. The summed E-state index contributed by atoms with van der Waals surface area (Å²) in [6, 6.07) is 6.90. The Balaban J connectivity index is 1.70. The Morgan fingerprint density at radius 2 is 1.94 bits per heavy atom. The number of aliphatic carboxylic acids is 1. The monoisotopic (exact) mass is 533 g/mol. The van der Waals surface area contributed by atoms with Crippen molar-refractivity contribution in [2.45, 2.75) is 49.8 Å². The largest absolute Gasteiger partial charge is 0.481 e. The molecule has 3 amide bonds. The summed E-state index contributed by atoms with van der Waals surface area (Å²) in [7, 11) is 1.29. The van der Waals surface area contributed by atoms with Crippen LogP contribution in [0.25, 0.3) is 0 Å². The smallest absolute Gasteiger partial charge is 0.341 e. The lowest BCUT2D eigenvalue weighted by Crippen LogP contribution is -2.33. The summed E-state index contributed by atoms with van der Waals surface area (Å²) in [5.74, 6) is -2.36. The predicted molar refractivity (Wildman–Crippen MR) is 136 cm³/mol. The van der Waals surface area contributed by atoms with Crippen LogP contribution in [0.5, 0.6) is 0 Å². The Kier molecular flexibility index (Phi) is 9.10. The van der Waals surface area contributed by atoms with Gasteiger partial charge < -0.3 is 25.4 Å². The fourth-order valence-electron chi connectivity index (χ4n) is 3.64. The number of carboxylic acid groups (broad SMARTS) is 1. The maximum absolute atomic E-state index is 13.0. The van der Waals surface area contributed by atoms with E-state index in [1.807, 2.05) is 0 Å². The number of fused-ring (bicyclic) bond motifs is 1. The van der Waals surface area contributed by atoms with E-state index >= 15 is 0 Å². The van der Waals surface area contributed by atoms with Crippen molar-refractivity contribution in [2.75, 3.05) is 24.3 Å². The first-order valence-electron chi connectivity index (χ1n) is 11.2. The Hall–Kier alpha value is -3.38. The van der Waals surface area contributed by atoms with Crippen LogP contribution in [0.4, 0.5) is 10.7 Å². The van der Waals surface area contributed by atoms with Crippen LogP contribution in [-0.4, -0.2) is 58.6 Å². The Bertz CT molecular complexity index is 1190. The molecule has 3 N–H and O–H groups in total. The van der Waals surface area contributed by atoms with Gasteiger partial charge in [0.2, 0.25) is 17.7 Å². The van der Waals surface area contributed by atoms with Crippen LogP contribution in [0.2, 0.25) is 0 Å². The van der Waals surface area contributed by atoms with Crippen LogP contribution in [0.3, 0.4) is 0 Å². The highest BCUT2D eigenvalue weighted by molar-refractivity contribution is 8.00. The molecule has 0 saturated carbocycles. The molecule has 1 unspecified atom stereocenters. The van der Waals surface area contributed by atoms with Crippen molar-refractivity contribution in [3.63, 3.8) is 0 Å². The van der Waals surface area contributed by atoms with Gasteiger partial charge >= 0.3 is 11.9 Å². The molecule has 2 heterocycles. The summed E-state index contributed by atoms with van der Waals surface area (Å²) < 4.78 is 4.95. The highest BCUT2D eigenvalue weighted by Gasteiger charge is 2.30. The van der Waals surface area contributed by atoms with Gasteiger partial charge in [-0.15, -0.1) is 23.1 Å². The quantitative estimate of drug-likeness (QED) is 0.329. The van der Waals surface area contributed by atoms with Crippen molar-refractivity contribution >= 4 is 63.4 Å². The summed E-state index contributed by atoms with van der Waals surface area (Å²) in [5.41, 5.74) is 1.63. The standard InChI is InChI=1S/C24H27N3O7S2/c1-13(35-16-6-4-5-15(11-16)25-19(29)7-8-20(30)31)22(32)26-23-21(24(33)34-3)17-9-10-27(14(2)28)12-18(17)36-23/h4-6,11,13H,7-10,12H2,1-3H3,(H,25,29)(H,26,32)(H,30,31). The molecule has 3 rings (SSSR count). The van der Waals surface area contributed by atoms with Crippen LogP contribution < -0.4 is 10.6 Å². The molecule has 1 aliphatic rings. The number of anilines is 2. The summed E-state index contributed by atoms with van der Waals surface area (Å²) >= 11 is 2.54. The number of esters is 1. The number of hydrogen-bond acceptors (Lipinski definition) is 8. The molecule has 0 saturated heterocycles. The number of methoxy groups -OCH3 is 1. The van der Waals surface area contributed by atoms with E-state index in [0.29, 0.717) is 35.8 Å². The number of carbonyl (C=O) groups is 5. The van der Waals surface area contributed by atoms with E-state index in [4.69, 9.17) is 9.84 Å². The molecule has 10 nitrogen and oxygen atoms in total. The molecule has 2 aromatic rings. The van der Waals surface area contributed by atoms with Crippen LogP contribution >= 0.6 is 23.1 Å². The topological polar surface area (TPSA) is 142 Å². The number of carbonyl (C=O) groups excluding carboxylic acids is 4. The normalized spacial score (nSPS) is 13.4. The minimum atomic E-state index is -1.05. The molecule has 0 bridgehead atoms. The number of thiophene rings is 1. The fourth-order valence-corrected chi connectivity index (χ4v) is 5.82. The molecular formula is C24H27N3O7S2. The minimum absolute atomic E-state index is 0.0513. The lowest BCUT2D eigenvalue weighted by molar-refractivity contribution is -0.138. The average molecular weight is 534 g/mol. The van der Waals surface area contributed by atoms with Gasteiger partial charge in [0.15, 0.2) is 0 Å². The second-order valence-corrected chi connectivity index (χ2v) is 10.6. The van der Waals surface area contributed by atoms with Gasteiger partial charge in [0.1, 0.15) is 5.00 Å². The zero-order valence-corrected chi connectivity index (χ0v) is 21.7. The van der Waals surface area contributed by atoms with Crippen molar-refractivity contribution in [1.29, 1.82) is 0 Å². The van der Waals surface area contributed by atoms with E-state index in [-0.39, 0.29) is 24.7 Å². The van der Waals surface area contributed by atoms with Gasteiger partial charge in [-0.05, 0) is 37.1 Å². The molecule has 0 fully saturated rings. The molecule has 0 aliphatic carbocycles. The number of hydrogen-bond donors (Lipinski definition) is 3. The third-order valence-electron chi connectivity index (χ3n) is 5.49. The zero-order valence-electron chi connectivity index (χ0n) is 20.1. The van der Waals surface area contributed by atoms with Gasteiger partial charge in [-0.25, -0.2) is 4.79 Å². The summed E-state index contributed by atoms with van der Waals surface area (Å²) in [5, 5.41) is 14.1. The number of ether oxygens (including phenoxy) is 1. The molecule has 0 radical (unpaired) electrons. The fraction of sp³-hybridized carbons (Fsp3) is 0.375. The number of carboxylic acids is 1. The Morgan fingerprint density at radius 1 is 1.19 bits per heavy atom. The van der Waals surface area contributed by atoms with Crippen molar-refractivity contribution in [3.8, 4) is 0 Å². The molecular weight excluding hydrogens is 506 g/mol. The molecule has 12 heteroatoms. The number of rotatable bonds is 9. The van der Waals surface area contributed by atoms with Crippen LogP contribution in [0.1, 0.15) is 47.5 Å².